The summed E-state index contributed by atoms with van der Waals surface area (Å²) >= 11 is 6.44. The normalized spacial score (nSPS) is 14.3. The Morgan fingerprint density at radius 2 is 1.67 bits per heavy atom. The van der Waals surface area contributed by atoms with Gasteiger partial charge in [0, 0.05) is 17.6 Å². The van der Waals surface area contributed by atoms with Gasteiger partial charge in [0.1, 0.15) is 24.2 Å². The van der Waals surface area contributed by atoms with Gasteiger partial charge in [0.05, 0.1) is 17.7 Å². The first-order chi connectivity index (χ1) is 20.1. The van der Waals surface area contributed by atoms with Crippen molar-refractivity contribution in [1.29, 1.82) is 0 Å². The molecule has 0 aromatic heterocycles. The fourth-order valence-electron chi connectivity index (χ4n) is 5.11. The van der Waals surface area contributed by atoms with Crippen LogP contribution in [0.25, 0.3) is 0 Å². The standard InChI is InChI=1S/C31H35ClFN3O5S/c1-3-29(31(38)34-24-9-5-6-10-24)35(20-22-8-4-7-11-28(22)32)30(37)21-36(25-14-12-23(33)13-15-25)42(39,40)27-18-16-26(41-2)17-19-27/h4,7-8,11-19,24,29H,3,5-6,9-10,20-21H2,1-2H3,(H,34,38). The summed E-state index contributed by atoms with van der Waals surface area (Å²) in [6, 6.07) is 16.8. The number of methoxy groups -OCH3 is 1. The number of nitrogens with zero attached hydrogens (tertiary/aromatic N) is 2. The number of hydrogen-bond acceptors (Lipinski definition) is 5. The maximum Gasteiger partial charge on any atom is 0.264 e. The molecule has 224 valence electrons. The SMILES string of the molecule is CCC(C(=O)NC1CCCC1)N(Cc1ccccc1Cl)C(=O)CN(c1ccc(F)cc1)S(=O)(=O)c1ccc(OC)cc1. The van der Waals surface area contributed by atoms with Gasteiger partial charge in [-0.05, 0) is 79.4 Å². The van der Waals surface area contributed by atoms with Crippen LogP contribution in [0.5, 0.6) is 5.75 Å². The molecule has 11 heteroatoms. The van der Waals surface area contributed by atoms with E-state index in [1.54, 1.807) is 31.2 Å². The predicted molar refractivity (Wildman–Crippen MR) is 160 cm³/mol. The van der Waals surface area contributed by atoms with Crippen molar-refractivity contribution in [2.75, 3.05) is 18.0 Å². The number of ether oxygens (including phenoxy) is 1. The number of sulfonamides is 1. The van der Waals surface area contributed by atoms with Gasteiger partial charge in [-0.15, -0.1) is 0 Å². The molecule has 42 heavy (non-hydrogen) atoms. The Morgan fingerprint density at radius 1 is 1.02 bits per heavy atom. The van der Waals surface area contributed by atoms with Gasteiger partial charge in [-0.3, -0.25) is 13.9 Å². The van der Waals surface area contributed by atoms with Gasteiger partial charge in [-0.2, -0.15) is 0 Å². The third-order valence-corrected chi connectivity index (χ3v) is 9.58. The van der Waals surface area contributed by atoms with Crippen molar-refractivity contribution in [1.82, 2.24) is 10.2 Å². The van der Waals surface area contributed by atoms with Crippen LogP contribution in [-0.4, -0.2) is 50.9 Å². The van der Waals surface area contributed by atoms with Crippen molar-refractivity contribution in [2.24, 2.45) is 0 Å². The molecule has 1 atom stereocenters. The number of amides is 2. The van der Waals surface area contributed by atoms with Crippen LogP contribution >= 0.6 is 11.6 Å². The highest BCUT2D eigenvalue weighted by molar-refractivity contribution is 7.92. The van der Waals surface area contributed by atoms with E-state index in [2.05, 4.69) is 5.32 Å². The van der Waals surface area contributed by atoms with E-state index < -0.39 is 34.3 Å². The molecule has 1 unspecified atom stereocenters. The third kappa shape index (κ3) is 7.41. The molecule has 0 saturated heterocycles. The highest BCUT2D eigenvalue weighted by Crippen LogP contribution is 2.27. The van der Waals surface area contributed by atoms with Gasteiger partial charge in [-0.25, -0.2) is 12.8 Å². The molecule has 1 aliphatic carbocycles. The lowest BCUT2D eigenvalue weighted by molar-refractivity contribution is -0.140. The summed E-state index contributed by atoms with van der Waals surface area (Å²) in [4.78, 5) is 28.9. The molecule has 0 aliphatic heterocycles. The number of halogens is 2. The van der Waals surface area contributed by atoms with Gasteiger partial charge in [0.15, 0.2) is 0 Å². The smallest absolute Gasteiger partial charge is 0.264 e. The van der Waals surface area contributed by atoms with Crippen molar-refractivity contribution < 1.29 is 27.1 Å². The van der Waals surface area contributed by atoms with Gasteiger partial charge in [-0.1, -0.05) is 49.6 Å². The van der Waals surface area contributed by atoms with Crippen molar-refractivity contribution in [3.8, 4) is 5.75 Å². The average molecular weight is 616 g/mol. The first kappa shape index (κ1) is 31.3. The van der Waals surface area contributed by atoms with E-state index in [-0.39, 0.29) is 29.1 Å². The Labute approximate surface area is 251 Å². The first-order valence-corrected chi connectivity index (χ1v) is 15.7. The zero-order chi connectivity index (χ0) is 30.3. The predicted octanol–water partition coefficient (Wildman–Crippen LogP) is 5.55. The number of hydrogen-bond donors (Lipinski definition) is 1. The molecule has 0 heterocycles. The molecule has 8 nitrogen and oxygen atoms in total. The third-order valence-electron chi connectivity index (χ3n) is 7.43. The summed E-state index contributed by atoms with van der Waals surface area (Å²) in [5.74, 6) is -0.994. The van der Waals surface area contributed by atoms with E-state index in [4.69, 9.17) is 16.3 Å². The number of benzene rings is 3. The molecule has 1 fully saturated rings. The van der Waals surface area contributed by atoms with Crippen LogP contribution in [0, 0.1) is 5.82 Å². The monoisotopic (exact) mass is 615 g/mol. The Kier molecular flexibility index (Phi) is 10.5. The minimum atomic E-state index is -4.29. The lowest BCUT2D eigenvalue weighted by Crippen LogP contribution is -2.53. The van der Waals surface area contributed by atoms with Crippen LogP contribution in [0.4, 0.5) is 10.1 Å². The second kappa shape index (κ2) is 14.0. The average Bonchev–Trinajstić information content (AvgIpc) is 3.50. The number of anilines is 1. The van der Waals surface area contributed by atoms with E-state index in [9.17, 15) is 22.4 Å². The molecule has 4 rings (SSSR count). The lowest BCUT2D eigenvalue weighted by atomic mass is 10.1. The summed E-state index contributed by atoms with van der Waals surface area (Å²) < 4.78 is 47.7. The largest absolute Gasteiger partial charge is 0.497 e. The van der Waals surface area contributed by atoms with Crippen LogP contribution in [-0.2, 0) is 26.2 Å². The second-order valence-electron chi connectivity index (χ2n) is 10.2. The molecule has 3 aromatic carbocycles. The Bertz CT molecular complexity index is 1480. The molecule has 0 radical (unpaired) electrons. The fourth-order valence-corrected chi connectivity index (χ4v) is 6.72. The van der Waals surface area contributed by atoms with Crippen molar-refractivity contribution in [3.63, 3.8) is 0 Å². The molecule has 0 bridgehead atoms. The van der Waals surface area contributed by atoms with Gasteiger partial charge in [0.2, 0.25) is 11.8 Å². The highest BCUT2D eigenvalue weighted by Gasteiger charge is 2.35. The molecular formula is C31H35ClFN3O5S. The van der Waals surface area contributed by atoms with Crippen molar-refractivity contribution >= 4 is 39.1 Å². The second-order valence-corrected chi connectivity index (χ2v) is 12.5. The number of rotatable bonds is 12. The Morgan fingerprint density at radius 3 is 2.26 bits per heavy atom. The fraction of sp³-hybridized carbons (Fsp3) is 0.355. The summed E-state index contributed by atoms with van der Waals surface area (Å²) in [7, 11) is -2.83. The lowest BCUT2D eigenvalue weighted by Gasteiger charge is -2.34. The molecule has 1 saturated carbocycles. The minimum Gasteiger partial charge on any atom is -0.497 e. The topological polar surface area (TPSA) is 96.0 Å². The maximum absolute atomic E-state index is 14.1. The van der Waals surface area contributed by atoms with Crippen LogP contribution in [0.15, 0.2) is 77.7 Å². The highest BCUT2D eigenvalue weighted by atomic mass is 35.5. The molecule has 1 aliphatic rings. The van der Waals surface area contributed by atoms with Gasteiger partial charge < -0.3 is 15.0 Å². The Hall–Kier alpha value is -3.63. The van der Waals surface area contributed by atoms with Crippen LogP contribution in [0.1, 0.15) is 44.6 Å². The van der Waals surface area contributed by atoms with Crippen LogP contribution in [0.3, 0.4) is 0 Å². The van der Waals surface area contributed by atoms with Gasteiger partial charge >= 0.3 is 0 Å². The molecular weight excluding hydrogens is 581 g/mol. The van der Waals surface area contributed by atoms with E-state index in [1.165, 1.54) is 48.4 Å². The quantitative estimate of drug-likeness (QED) is 0.288. The van der Waals surface area contributed by atoms with Crippen molar-refractivity contribution in [2.45, 2.75) is 62.6 Å². The summed E-state index contributed by atoms with van der Waals surface area (Å²) in [6.45, 7) is 1.17. The van der Waals surface area contributed by atoms with Gasteiger partial charge in [0.25, 0.3) is 10.0 Å². The maximum atomic E-state index is 14.1. The van der Waals surface area contributed by atoms with Crippen LogP contribution in [0.2, 0.25) is 5.02 Å². The zero-order valence-corrected chi connectivity index (χ0v) is 25.2. The first-order valence-electron chi connectivity index (χ1n) is 13.9. The minimum absolute atomic E-state index is 0.00502. The van der Waals surface area contributed by atoms with E-state index in [1.807, 2.05) is 0 Å². The van der Waals surface area contributed by atoms with Crippen LogP contribution < -0.4 is 14.4 Å². The van der Waals surface area contributed by atoms with E-state index in [0.717, 1.165) is 42.1 Å². The molecule has 1 N–H and O–H groups in total. The zero-order valence-electron chi connectivity index (χ0n) is 23.6. The number of carbonyl (C=O) groups is 2. The molecule has 2 amide bonds. The van der Waals surface area contributed by atoms with E-state index in [0.29, 0.717) is 22.8 Å². The summed E-state index contributed by atoms with van der Waals surface area (Å²) in [5, 5.41) is 3.49. The Balaban J connectivity index is 1.71. The van der Waals surface area contributed by atoms with Crippen molar-refractivity contribution in [3.05, 3.63) is 89.2 Å². The van der Waals surface area contributed by atoms with E-state index >= 15 is 0 Å². The summed E-state index contributed by atoms with van der Waals surface area (Å²) in [6.07, 6.45) is 4.11. The summed E-state index contributed by atoms with van der Waals surface area (Å²) in [5.41, 5.74) is 0.715. The number of nitrogens with one attached hydrogen (secondary N) is 1. The molecule has 0 spiro atoms. The molecule has 3 aromatic rings. The number of carbonyl (C=O) groups excluding carboxylic acids is 2.